The van der Waals surface area contributed by atoms with E-state index in [4.69, 9.17) is 5.73 Å². The molecule has 1 amide bonds. The van der Waals surface area contributed by atoms with Gasteiger partial charge in [0.15, 0.2) is 0 Å². The zero-order valence-electron chi connectivity index (χ0n) is 12.1. The molecular weight excluding hydrogens is 292 g/mol. The number of benzene rings is 1. The SMILES string of the molecule is CCC(O)c1cccc(S(=O)(=O)NCCCCC(N)=O)c1. The molecule has 0 aliphatic rings. The topological polar surface area (TPSA) is 109 Å². The molecule has 4 N–H and O–H groups in total. The lowest BCUT2D eigenvalue weighted by Gasteiger charge is -2.11. The standard InChI is InChI=1S/C14H22N2O4S/c1-2-13(17)11-6-5-7-12(10-11)21(19,20)16-9-4-3-8-14(15)18/h5-7,10,13,16-17H,2-4,8-9H2,1H3,(H2,15,18). The average molecular weight is 314 g/mol. The number of aliphatic hydroxyl groups excluding tert-OH is 1. The number of amides is 1. The summed E-state index contributed by atoms with van der Waals surface area (Å²) in [7, 11) is -3.60. The van der Waals surface area contributed by atoms with Gasteiger partial charge in [-0.3, -0.25) is 4.79 Å². The Morgan fingerprint density at radius 3 is 2.71 bits per heavy atom. The van der Waals surface area contributed by atoms with Crippen LogP contribution in [0.3, 0.4) is 0 Å². The first-order valence-corrected chi connectivity index (χ1v) is 8.41. The molecule has 118 valence electrons. The van der Waals surface area contributed by atoms with Gasteiger partial charge in [0.2, 0.25) is 15.9 Å². The van der Waals surface area contributed by atoms with E-state index in [0.29, 0.717) is 24.8 Å². The largest absolute Gasteiger partial charge is 0.388 e. The highest BCUT2D eigenvalue weighted by molar-refractivity contribution is 7.89. The second kappa shape index (κ2) is 8.11. The maximum Gasteiger partial charge on any atom is 0.240 e. The highest BCUT2D eigenvalue weighted by Gasteiger charge is 2.15. The van der Waals surface area contributed by atoms with Gasteiger partial charge in [-0.05, 0) is 37.0 Å². The lowest BCUT2D eigenvalue weighted by Crippen LogP contribution is -2.25. The Labute approximate surface area is 125 Å². The Morgan fingerprint density at radius 2 is 2.10 bits per heavy atom. The summed E-state index contributed by atoms with van der Waals surface area (Å²) in [6.07, 6.45) is 1.19. The summed E-state index contributed by atoms with van der Waals surface area (Å²) < 4.78 is 26.7. The fourth-order valence-corrected chi connectivity index (χ4v) is 2.97. The summed E-state index contributed by atoms with van der Waals surface area (Å²) in [4.78, 5) is 10.7. The monoisotopic (exact) mass is 314 g/mol. The van der Waals surface area contributed by atoms with Crippen molar-refractivity contribution in [3.8, 4) is 0 Å². The van der Waals surface area contributed by atoms with Gasteiger partial charge in [0.1, 0.15) is 0 Å². The summed E-state index contributed by atoms with van der Waals surface area (Å²) in [5.74, 6) is -0.390. The van der Waals surface area contributed by atoms with E-state index in [1.165, 1.54) is 12.1 Å². The van der Waals surface area contributed by atoms with Crippen LogP contribution in [0.2, 0.25) is 0 Å². The van der Waals surface area contributed by atoms with Crippen LogP contribution in [0.25, 0.3) is 0 Å². The van der Waals surface area contributed by atoms with E-state index >= 15 is 0 Å². The zero-order chi connectivity index (χ0) is 15.9. The van der Waals surface area contributed by atoms with Crippen molar-refractivity contribution in [2.45, 2.75) is 43.6 Å². The van der Waals surface area contributed by atoms with Crippen molar-refractivity contribution >= 4 is 15.9 Å². The zero-order valence-corrected chi connectivity index (χ0v) is 12.9. The molecule has 0 heterocycles. The first kappa shape index (κ1) is 17.6. The number of nitrogens with two attached hydrogens (primary N) is 1. The van der Waals surface area contributed by atoms with Crippen LogP contribution in [0, 0.1) is 0 Å². The van der Waals surface area contributed by atoms with Crippen LogP contribution >= 0.6 is 0 Å². The second-order valence-corrected chi connectivity index (χ2v) is 6.58. The van der Waals surface area contributed by atoms with E-state index in [1.54, 1.807) is 12.1 Å². The molecule has 1 aromatic rings. The van der Waals surface area contributed by atoms with Crippen LogP contribution in [-0.4, -0.2) is 26.0 Å². The number of carbonyl (C=O) groups excluding carboxylic acids is 1. The molecule has 0 radical (unpaired) electrons. The van der Waals surface area contributed by atoms with Crippen molar-refractivity contribution in [2.24, 2.45) is 5.73 Å². The van der Waals surface area contributed by atoms with Gasteiger partial charge in [-0.1, -0.05) is 19.1 Å². The molecule has 0 saturated carbocycles. The first-order chi connectivity index (χ1) is 9.86. The summed E-state index contributed by atoms with van der Waals surface area (Å²) in [5.41, 5.74) is 5.59. The smallest absolute Gasteiger partial charge is 0.240 e. The molecule has 0 fully saturated rings. The number of hydrogen-bond acceptors (Lipinski definition) is 4. The fourth-order valence-electron chi connectivity index (χ4n) is 1.84. The molecule has 1 unspecified atom stereocenters. The van der Waals surface area contributed by atoms with Gasteiger partial charge in [0.25, 0.3) is 0 Å². The van der Waals surface area contributed by atoms with Crippen LogP contribution in [0.4, 0.5) is 0 Å². The van der Waals surface area contributed by atoms with E-state index in [2.05, 4.69) is 4.72 Å². The molecule has 6 nitrogen and oxygen atoms in total. The third kappa shape index (κ3) is 5.82. The van der Waals surface area contributed by atoms with Gasteiger partial charge in [-0.25, -0.2) is 13.1 Å². The van der Waals surface area contributed by atoms with Crippen molar-refractivity contribution in [3.05, 3.63) is 29.8 Å². The van der Waals surface area contributed by atoms with Crippen LogP contribution < -0.4 is 10.5 Å². The lowest BCUT2D eigenvalue weighted by atomic mass is 10.1. The van der Waals surface area contributed by atoms with Crippen molar-refractivity contribution in [2.75, 3.05) is 6.54 Å². The molecule has 7 heteroatoms. The minimum atomic E-state index is -3.60. The number of aliphatic hydroxyl groups is 1. The van der Waals surface area contributed by atoms with Crippen molar-refractivity contribution in [3.63, 3.8) is 0 Å². The van der Waals surface area contributed by atoms with Crippen molar-refractivity contribution in [1.29, 1.82) is 0 Å². The highest BCUT2D eigenvalue weighted by atomic mass is 32.2. The average Bonchev–Trinajstić information content (AvgIpc) is 2.45. The lowest BCUT2D eigenvalue weighted by molar-refractivity contribution is -0.118. The van der Waals surface area contributed by atoms with Gasteiger partial charge >= 0.3 is 0 Å². The third-order valence-corrected chi connectivity index (χ3v) is 4.54. The van der Waals surface area contributed by atoms with E-state index in [-0.39, 0.29) is 23.8 Å². The Hall–Kier alpha value is -1.44. The number of hydrogen-bond donors (Lipinski definition) is 3. The number of unbranched alkanes of at least 4 members (excludes halogenated alkanes) is 1. The molecule has 0 aliphatic carbocycles. The molecule has 0 aromatic heterocycles. The van der Waals surface area contributed by atoms with Gasteiger partial charge in [-0.2, -0.15) is 0 Å². The molecule has 0 saturated heterocycles. The molecule has 21 heavy (non-hydrogen) atoms. The molecule has 0 bridgehead atoms. The van der Waals surface area contributed by atoms with E-state index in [9.17, 15) is 18.3 Å². The quantitative estimate of drug-likeness (QED) is 0.592. The molecule has 0 aliphatic heterocycles. The number of sulfonamides is 1. The number of rotatable bonds is 9. The predicted octanol–water partition coefficient (Wildman–Crippen LogP) is 1.06. The minimum absolute atomic E-state index is 0.127. The van der Waals surface area contributed by atoms with Gasteiger partial charge in [0.05, 0.1) is 11.0 Å². The number of carbonyl (C=O) groups is 1. The summed E-state index contributed by atoms with van der Waals surface area (Å²) in [6, 6.07) is 6.26. The molecule has 1 atom stereocenters. The summed E-state index contributed by atoms with van der Waals surface area (Å²) >= 11 is 0. The van der Waals surface area contributed by atoms with Crippen LogP contribution in [0.5, 0.6) is 0 Å². The van der Waals surface area contributed by atoms with Gasteiger partial charge < -0.3 is 10.8 Å². The number of primary amides is 1. The molecular formula is C14H22N2O4S. The van der Waals surface area contributed by atoms with Crippen LogP contribution in [0.1, 0.15) is 44.3 Å². The summed E-state index contributed by atoms with van der Waals surface area (Å²) in [5, 5.41) is 9.76. The molecule has 1 rings (SSSR count). The van der Waals surface area contributed by atoms with E-state index < -0.39 is 16.1 Å². The first-order valence-electron chi connectivity index (χ1n) is 6.93. The Bertz CT molecular complexity index is 572. The maximum atomic E-state index is 12.1. The summed E-state index contributed by atoms with van der Waals surface area (Å²) in [6.45, 7) is 2.07. The normalized spacial score (nSPS) is 13.0. The third-order valence-electron chi connectivity index (χ3n) is 3.08. The Balaban J connectivity index is 2.64. The predicted molar refractivity (Wildman–Crippen MR) is 79.9 cm³/mol. The second-order valence-electron chi connectivity index (χ2n) is 4.82. The Morgan fingerprint density at radius 1 is 1.38 bits per heavy atom. The van der Waals surface area contributed by atoms with Crippen LogP contribution in [-0.2, 0) is 14.8 Å². The van der Waals surface area contributed by atoms with Gasteiger partial charge in [-0.15, -0.1) is 0 Å². The highest BCUT2D eigenvalue weighted by Crippen LogP contribution is 2.19. The molecule has 0 spiro atoms. The van der Waals surface area contributed by atoms with Crippen molar-refractivity contribution in [1.82, 2.24) is 4.72 Å². The van der Waals surface area contributed by atoms with Gasteiger partial charge in [0, 0.05) is 13.0 Å². The molecule has 1 aromatic carbocycles. The maximum absolute atomic E-state index is 12.1. The number of nitrogens with one attached hydrogen (secondary N) is 1. The van der Waals surface area contributed by atoms with Crippen molar-refractivity contribution < 1.29 is 18.3 Å². The fraction of sp³-hybridized carbons (Fsp3) is 0.500. The van der Waals surface area contributed by atoms with Crippen LogP contribution in [0.15, 0.2) is 29.2 Å². The minimum Gasteiger partial charge on any atom is -0.388 e. The van der Waals surface area contributed by atoms with E-state index in [1.807, 2.05) is 6.92 Å². The Kier molecular flexibility index (Phi) is 6.80. The van der Waals surface area contributed by atoms with E-state index in [0.717, 1.165) is 0 Å².